The van der Waals surface area contributed by atoms with E-state index in [1.165, 1.54) is 25.6 Å². The summed E-state index contributed by atoms with van der Waals surface area (Å²) in [4.78, 5) is 31.9. The Morgan fingerprint density at radius 3 is 2.31 bits per heavy atom. The van der Waals surface area contributed by atoms with Crippen LogP contribution >= 0.6 is 11.8 Å². The van der Waals surface area contributed by atoms with Crippen molar-refractivity contribution in [2.45, 2.75) is 19.9 Å². The molecule has 0 fully saturated rings. The SMILES string of the molecule is CC(=O)NCCSCC(NC(C)=O)C(=O)O. The van der Waals surface area contributed by atoms with E-state index in [0.717, 1.165) is 0 Å². The molecule has 0 spiro atoms. The summed E-state index contributed by atoms with van der Waals surface area (Å²) in [7, 11) is 0. The van der Waals surface area contributed by atoms with Gasteiger partial charge in [0.15, 0.2) is 0 Å². The highest BCUT2D eigenvalue weighted by Crippen LogP contribution is 2.02. The van der Waals surface area contributed by atoms with Gasteiger partial charge in [-0.3, -0.25) is 9.59 Å². The zero-order valence-corrected chi connectivity index (χ0v) is 10.1. The van der Waals surface area contributed by atoms with E-state index in [4.69, 9.17) is 5.11 Å². The van der Waals surface area contributed by atoms with E-state index in [0.29, 0.717) is 12.3 Å². The number of amides is 2. The number of hydrogen-bond acceptors (Lipinski definition) is 4. The van der Waals surface area contributed by atoms with E-state index in [1.807, 2.05) is 0 Å². The third-order valence-electron chi connectivity index (χ3n) is 1.58. The van der Waals surface area contributed by atoms with Crippen molar-refractivity contribution in [3.63, 3.8) is 0 Å². The monoisotopic (exact) mass is 248 g/mol. The van der Waals surface area contributed by atoms with Gasteiger partial charge in [0.1, 0.15) is 6.04 Å². The maximum absolute atomic E-state index is 10.7. The fourth-order valence-corrected chi connectivity index (χ4v) is 1.80. The number of carboxylic acids is 1. The number of carboxylic acid groups (broad SMARTS) is 1. The first-order valence-electron chi connectivity index (χ1n) is 4.75. The summed E-state index contributed by atoms with van der Waals surface area (Å²) < 4.78 is 0. The number of carbonyl (C=O) groups is 3. The van der Waals surface area contributed by atoms with Crippen LogP contribution in [0, 0.1) is 0 Å². The van der Waals surface area contributed by atoms with Crippen LogP contribution in [0.2, 0.25) is 0 Å². The van der Waals surface area contributed by atoms with Gasteiger partial charge in [-0.05, 0) is 0 Å². The van der Waals surface area contributed by atoms with Crippen LogP contribution in [0.1, 0.15) is 13.8 Å². The van der Waals surface area contributed by atoms with E-state index < -0.39 is 12.0 Å². The van der Waals surface area contributed by atoms with Crippen molar-refractivity contribution in [2.75, 3.05) is 18.1 Å². The quantitative estimate of drug-likeness (QED) is 0.525. The summed E-state index contributed by atoms with van der Waals surface area (Å²) in [5.74, 6) is -0.633. The number of nitrogens with one attached hydrogen (secondary N) is 2. The van der Waals surface area contributed by atoms with Crippen molar-refractivity contribution >= 4 is 29.5 Å². The Hall–Kier alpha value is -1.24. The molecular weight excluding hydrogens is 232 g/mol. The number of hydrogen-bond donors (Lipinski definition) is 3. The second-order valence-corrected chi connectivity index (χ2v) is 4.30. The molecule has 0 saturated carbocycles. The van der Waals surface area contributed by atoms with E-state index in [1.54, 1.807) is 0 Å². The molecule has 0 rings (SSSR count). The minimum atomic E-state index is -1.05. The van der Waals surface area contributed by atoms with Gasteiger partial charge in [0, 0.05) is 31.9 Å². The summed E-state index contributed by atoms with van der Waals surface area (Å²) in [6.45, 7) is 3.19. The molecule has 16 heavy (non-hydrogen) atoms. The van der Waals surface area contributed by atoms with E-state index >= 15 is 0 Å². The Morgan fingerprint density at radius 2 is 1.88 bits per heavy atom. The van der Waals surface area contributed by atoms with Gasteiger partial charge in [0.05, 0.1) is 0 Å². The lowest BCUT2D eigenvalue weighted by Crippen LogP contribution is -2.41. The fourth-order valence-electron chi connectivity index (χ4n) is 0.920. The maximum atomic E-state index is 10.7. The number of carbonyl (C=O) groups excluding carboxylic acids is 2. The Kier molecular flexibility index (Phi) is 7.36. The molecule has 0 bridgehead atoms. The van der Waals surface area contributed by atoms with Gasteiger partial charge in [-0.1, -0.05) is 0 Å². The maximum Gasteiger partial charge on any atom is 0.327 e. The molecule has 2 amide bonds. The van der Waals surface area contributed by atoms with Crippen LogP contribution in [0.4, 0.5) is 0 Å². The van der Waals surface area contributed by atoms with Gasteiger partial charge in [-0.2, -0.15) is 11.8 Å². The van der Waals surface area contributed by atoms with Crippen LogP contribution < -0.4 is 10.6 Å². The second-order valence-electron chi connectivity index (χ2n) is 3.15. The molecule has 3 N–H and O–H groups in total. The molecule has 6 nitrogen and oxygen atoms in total. The topological polar surface area (TPSA) is 95.5 Å². The van der Waals surface area contributed by atoms with Gasteiger partial charge in [0.25, 0.3) is 0 Å². The smallest absolute Gasteiger partial charge is 0.327 e. The molecule has 7 heteroatoms. The minimum absolute atomic E-state index is 0.114. The molecule has 0 aliphatic carbocycles. The van der Waals surface area contributed by atoms with Crippen molar-refractivity contribution in [1.29, 1.82) is 0 Å². The van der Waals surface area contributed by atoms with Gasteiger partial charge in [-0.15, -0.1) is 0 Å². The van der Waals surface area contributed by atoms with E-state index in [9.17, 15) is 14.4 Å². The Labute approximate surface area is 98.2 Å². The second kappa shape index (κ2) is 7.98. The molecule has 0 aromatic rings. The third-order valence-corrected chi connectivity index (χ3v) is 2.64. The zero-order valence-electron chi connectivity index (χ0n) is 9.28. The molecule has 92 valence electrons. The van der Waals surface area contributed by atoms with Gasteiger partial charge in [0.2, 0.25) is 11.8 Å². The Morgan fingerprint density at radius 1 is 1.25 bits per heavy atom. The predicted molar refractivity (Wildman–Crippen MR) is 61.2 cm³/mol. The van der Waals surface area contributed by atoms with E-state index in [2.05, 4.69) is 10.6 Å². The van der Waals surface area contributed by atoms with E-state index in [-0.39, 0.29) is 17.6 Å². The molecule has 0 aromatic carbocycles. The van der Waals surface area contributed by atoms with Crippen LogP contribution in [0.3, 0.4) is 0 Å². The predicted octanol–water partition coefficient (Wildman–Crippen LogP) is -0.555. The van der Waals surface area contributed by atoms with Crippen molar-refractivity contribution in [3.8, 4) is 0 Å². The number of thioether (sulfide) groups is 1. The highest BCUT2D eigenvalue weighted by molar-refractivity contribution is 7.99. The first-order chi connectivity index (χ1) is 7.43. The lowest BCUT2D eigenvalue weighted by molar-refractivity contribution is -0.140. The number of rotatable bonds is 7. The lowest BCUT2D eigenvalue weighted by Gasteiger charge is -2.12. The largest absolute Gasteiger partial charge is 0.480 e. The summed E-state index contributed by atoms with van der Waals surface area (Å²) >= 11 is 1.36. The van der Waals surface area contributed by atoms with Crippen molar-refractivity contribution in [3.05, 3.63) is 0 Å². The van der Waals surface area contributed by atoms with Gasteiger partial charge in [-0.25, -0.2) is 4.79 Å². The molecule has 0 saturated heterocycles. The summed E-state index contributed by atoms with van der Waals surface area (Å²) in [6, 6.07) is -0.875. The van der Waals surface area contributed by atoms with Gasteiger partial charge < -0.3 is 15.7 Å². The Bertz CT molecular complexity index is 270. The van der Waals surface area contributed by atoms with Crippen LogP contribution in [0.15, 0.2) is 0 Å². The van der Waals surface area contributed by atoms with Crippen LogP contribution in [-0.2, 0) is 14.4 Å². The highest BCUT2D eigenvalue weighted by atomic mass is 32.2. The molecule has 1 atom stereocenters. The summed E-state index contributed by atoms with van der Waals surface area (Å²) in [5.41, 5.74) is 0. The molecular formula is C9H16N2O4S. The average molecular weight is 248 g/mol. The fraction of sp³-hybridized carbons (Fsp3) is 0.667. The van der Waals surface area contributed by atoms with Crippen LogP contribution in [0.5, 0.6) is 0 Å². The third kappa shape index (κ3) is 8.10. The lowest BCUT2D eigenvalue weighted by atomic mass is 10.3. The molecule has 0 radical (unpaired) electrons. The van der Waals surface area contributed by atoms with Crippen molar-refractivity contribution < 1.29 is 19.5 Å². The first kappa shape index (κ1) is 14.8. The van der Waals surface area contributed by atoms with Crippen LogP contribution in [0.25, 0.3) is 0 Å². The van der Waals surface area contributed by atoms with Crippen molar-refractivity contribution in [1.82, 2.24) is 10.6 Å². The first-order valence-corrected chi connectivity index (χ1v) is 5.91. The summed E-state index contributed by atoms with van der Waals surface area (Å²) in [6.07, 6.45) is 0. The molecule has 0 heterocycles. The van der Waals surface area contributed by atoms with Crippen molar-refractivity contribution in [2.24, 2.45) is 0 Å². The molecule has 0 aliphatic heterocycles. The number of aliphatic carboxylic acids is 1. The normalized spacial score (nSPS) is 11.6. The molecule has 1 unspecified atom stereocenters. The standard InChI is InChI=1S/C9H16N2O4S/c1-6(12)10-3-4-16-5-8(9(14)15)11-7(2)13/h8H,3-5H2,1-2H3,(H,10,12)(H,11,13)(H,14,15). The van der Waals surface area contributed by atoms with Gasteiger partial charge >= 0.3 is 5.97 Å². The molecule has 0 aliphatic rings. The Balaban J connectivity index is 3.72. The summed E-state index contributed by atoms with van der Waals surface area (Å²) in [5, 5.41) is 13.7. The minimum Gasteiger partial charge on any atom is -0.480 e. The van der Waals surface area contributed by atoms with Crippen LogP contribution in [-0.4, -0.2) is 47.0 Å². The highest BCUT2D eigenvalue weighted by Gasteiger charge is 2.17. The zero-order chi connectivity index (χ0) is 12.6. The average Bonchev–Trinajstić information content (AvgIpc) is 2.14. The molecule has 0 aromatic heterocycles.